The van der Waals surface area contributed by atoms with Crippen LogP contribution in [0.4, 0.5) is 0 Å². The topological polar surface area (TPSA) is 98.4 Å². The summed E-state index contributed by atoms with van der Waals surface area (Å²) in [4.78, 5) is 39.9. The molecule has 8 heteroatoms. The van der Waals surface area contributed by atoms with Gasteiger partial charge in [-0.2, -0.15) is 5.10 Å². The molecule has 1 aromatic heterocycles. The first kappa shape index (κ1) is 16.5. The fourth-order valence-corrected chi connectivity index (χ4v) is 3.54. The minimum Gasteiger partial charge on any atom is -0.357 e. The molecule has 0 bridgehead atoms. The quantitative estimate of drug-likeness (QED) is 0.777. The summed E-state index contributed by atoms with van der Waals surface area (Å²) in [7, 11) is 1.53. The number of fused-ring (bicyclic) bond motifs is 1. The van der Waals surface area contributed by atoms with E-state index in [1.807, 2.05) is 0 Å². The number of hydrogen-bond donors (Lipinski definition) is 2. The summed E-state index contributed by atoms with van der Waals surface area (Å²) in [6.07, 6.45) is 3.96. The largest absolute Gasteiger partial charge is 0.357 e. The van der Waals surface area contributed by atoms with Gasteiger partial charge < -0.3 is 15.1 Å². The van der Waals surface area contributed by atoms with E-state index in [-0.39, 0.29) is 24.3 Å². The predicted octanol–water partition coefficient (Wildman–Crippen LogP) is -0.293. The second kappa shape index (κ2) is 6.62. The minimum atomic E-state index is -0.653. The molecule has 2 N–H and O–H groups in total. The molecular formula is C16H23N5O3. The molecule has 2 aliphatic rings. The van der Waals surface area contributed by atoms with Gasteiger partial charge in [-0.25, -0.2) is 0 Å². The van der Waals surface area contributed by atoms with Crippen LogP contribution in [0.5, 0.6) is 0 Å². The van der Waals surface area contributed by atoms with Crippen molar-refractivity contribution in [3.05, 3.63) is 17.0 Å². The van der Waals surface area contributed by atoms with Crippen LogP contribution in [0.3, 0.4) is 0 Å². The van der Waals surface area contributed by atoms with E-state index < -0.39 is 6.04 Å². The number of aromatic nitrogens is 2. The van der Waals surface area contributed by atoms with Gasteiger partial charge >= 0.3 is 0 Å². The van der Waals surface area contributed by atoms with Crippen LogP contribution in [-0.4, -0.2) is 70.4 Å². The Hall–Kier alpha value is -2.38. The van der Waals surface area contributed by atoms with Crippen molar-refractivity contribution in [1.29, 1.82) is 0 Å². The van der Waals surface area contributed by atoms with Gasteiger partial charge in [0.1, 0.15) is 6.04 Å². The number of hydrogen-bond acceptors (Lipinski definition) is 4. The normalized spacial score (nSPS) is 20.5. The van der Waals surface area contributed by atoms with Gasteiger partial charge in [-0.1, -0.05) is 0 Å². The Bertz CT molecular complexity index is 669. The predicted molar refractivity (Wildman–Crippen MR) is 86.4 cm³/mol. The zero-order chi connectivity index (χ0) is 17.3. The molecule has 3 rings (SSSR count). The Labute approximate surface area is 140 Å². The average Bonchev–Trinajstić information content (AvgIpc) is 3.03. The van der Waals surface area contributed by atoms with Crippen LogP contribution in [-0.2, 0) is 22.4 Å². The van der Waals surface area contributed by atoms with Crippen LogP contribution in [0.2, 0.25) is 0 Å². The van der Waals surface area contributed by atoms with E-state index >= 15 is 0 Å². The molecule has 0 unspecified atom stereocenters. The summed E-state index contributed by atoms with van der Waals surface area (Å²) >= 11 is 0. The van der Waals surface area contributed by atoms with E-state index in [1.54, 1.807) is 4.90 Å². The molecule has 2 heterocycles. The van der Waals surface area contributed by atoms with Gasteiger partial charge in [0.15, 0.2) is 5.69 Å². The highest BCUT2D eigenvalue weighted by molar-refractivity contribution is 5.95. The Morgan fingerprint density at radius 1 is 1.21 bits per heavy atom. The number of nitrogens with zero attached hydrogens (tertiary/aromatic N) is 3. The molecule has 1 saturated heterocycles. The zero-order valence-corrected chi connectivity index (χ0v) is 14.1. The van der Waals surface area contributed by atoms with Crippen LogP contribution in [0.15, 0.2) is 0 Å². The lowest BCUT2D eigenvalue weighted by molar-refractivity contribution is -0.141. The molecule has 8 nitrogen and oxygen atoms in total. The van der Waals surface area contributed by atoms with Crippen LogP contribution in [0, 0.1) is 0 Å². The molecule has 130 valence electrons. The number of nitrogens with one attached hydrogen (secondary N) is 2. The molecule has 1 aliphatic heterocycles. The van der Waals surface area contributed by atoms with Gasteiger partial charge in [0.2, 0.25) is 11.8 Å². The number of H-pyrrole nitrogens is 1. The summed E-state index contributed by atoms with van der Waals surface area (Å²) in [5.41, 5.74) is 2.53. The number of carbonyl (C=O) groups is 3. The highest BCUT2D eigenvalue weighted by atomic mass is 16.2. The van der Waals surface area contributed by atoms with Crippen molar-refractivity contribution in [2.75, 3.05) is 26.7 Å². The fraction of sp³-hybridized carbons (Fsp3) is 0.625. The third kappa shape index (κ3) is 2.88. The number of amides is 3. The van der Waals surface area contributed by atoms with Crippen molar-refractivity contribution >= 4 is 17.7 Å². The van der Waals surface area contributed by atoms with Gasteiger partial charge in [-0.3, -0.25) is 19.5 Å². The molecule has 1 fully saturated rings. The third-order valence-electron chi connectivity index (χ3n) is 4.88. The lowest BCUT2D eigenvalue weighted by Gasteiger charge is -2.39. The summed E-state index contributed by atoms with van der Waals surface area (Å²) < 4.78 is 0. The molecule has 1 atom stereocenters. The number of aryl methyl sites for hydroxylation is 1. The molecule has 0 radical (unpaired) electrons. The number of carbonyl (C=O) groups excluding carboxylic acids is 3. The molecule has 1 aromatic rings. The van der Waals surface area contributed by atoms with E-state index in [0.29, 0.717) is 18.8 Å². The van der Waals surface area contributed by atoms with Crippen molar-refractivity contribution in [2.24, 2.45) is 0 Å². The highest BCUT2D eigenvalue weighted by Crippen LogP contribution is 2.24. The maximum absolute atomic E-state index is 12.9. The average molecular weight is 333 g/mol. The smallest absolute Gasteiger partial charge is 0.274 e. The molecule has 3 amide bonds. The third-order valence-corrected chi connectivity index (χ3v) is 4.88. The van der Waals surface area contributed by atoms with Crippen LogP contribution >= 0.6 is 0 Å². The van der Waals surface area contributed by atoms with E-state index in [0.717, 1.165) is 36.9 Å². The van der Waals surface area contributed by atoms with Crippen molar-refractivity contribution in [2.45, 2.75) is 38.6 Å². The van der Waals surface area contributed by atoms with Crippen LogP contribution in [0.25, 0.3) is 0 Å². The second-order valence-electron chi connectivity index (χ2n) is 6.33. The van der Waals surface area contributed by atoms with Gasteiger partial charge in [0.05, 0.1) is 6.54 Å². The minimum absolute atomic E-state index is 0.159. The SMILES string of the molecule is CNC(=O)[C@H]1CN(C(=O)c2n[nH]c3c2CCCC3)CCN1C(C)=O. The second-order valence-corrected chi connectivity index (χ2v) is 6.33. The van der Waals surface area contributed by atoms with Crippen molar-refractivity contribution in [3.8, 4) is 0 Å². The monoisotopic (exact) mass is 333 g/mol. The first-order valence-corrected chi connectivity index (χ1v) is 8.37. The number of aromatic amines is 1. The molecular weight excluding hydrogens is 310 g/mol. The lowest BCUT2D eigenvalue weighted by Crippen LogP contribution is -2.61. The maximum Gasteiger partial charge on any atom is 0.274 e. The number of piperazine rings is 1. The Kier molecular flexibility index (Phi) is 4.55. The fourth-order valence-electron chi connectivity index (χ4n) is 3.54. The van der Waals surface area contributed by atoms with Crippen molar-refractivity contribution in [1.82, 2.24) is 25.3 Å². The summed E-state index contributed by atoms with van der Waals surface area (Å²) in [6.45, 7) is 2.40. The van der Waals surface area contributed by atoms with Crippen molar-refractivity contribution < 1.29 is 14.4 Å². The van der Waals surface area contributed by atoms with Gasteiger partial charge in [-0.15, -0.1) is 0 Å². The molecule has 0 aromatic carbocycles. The number of rotatable bonds is 2. The standard InChI is InChI=1S/C16H23N5O3/c1-10(22)21-8-7-20(9-13(21)15(23)17-2)16(24)14-11-5-3-4-6-12(11)18-19-14/h13H,3-9H2,1-2H3,(H,17,23)(H,18,19)/t13-/m1/s1. The summed E-state index contributed by atoms with van der Waals surface area (Å²) in [5, 5.41) is 9.77. The molecule has 0 spiro atoms. The lowest BCUT2D eigenvalue weighted by atomic mass is 9.95. The van der Waals surface area contributed by atoms with Gasteiger partial charge in [0.25, 0.3) is 5.91 Å². The first-order valence-electron chi connectivity index (χ1n) is 8.37. The summed E-state index contributed by atoms with van der Waals surface area (Å²) in [6, 6.07) is -0.653. The van der Waals surface area contributed by atoms with Gasteiger partial charge in [-0.05, 0) is 25.7 Å². The molecule has 24 heavy (non-hydrogen) atoms. The van der Waals surface area contributed by atoms with E-state index in [4.69, 9.17) is 0 Å². The van der Waals surface area contributed by atoms with Gasteiger partial charge in [0, 0.05) is 38.3 Å². The van der Waals surface area contributed by atoms with E-state index in [9.17, 15) is 14.4 Å². The van der Waals surface area contributed by atoms with Crippen LogP contribution in [0.1, 0.15) is 41.5 Å². The van der Waals surface area contributed by atoms with Crippen LogP contribution < -0.4 is 5.32 Å². The Balaban J connectivity index is 1.80. The van der Waals surface area contributed by atoms with Crippen molar-refractivity contribution in [3.63, 3.8) is 0 Å². The highest BCUT2D eigenvalue weighted by Gasteiger charge is 2.36. The first-order chi connectivity index (χ1) is 11.5. The van der Waals surface area contributed by atoms with E-state index in [2.05, 4.69) is 15.5 Å². The Morgan fingerprint density at radius 3 is 2.67 bits per heavy atom. The zero-order valence-electron chi connectivity index (χ0n) is 14.1. The molecule has 1 aliphatic carbocycles. The Morgan fingerprint density at radius 2 is 1.96 bits per heavy atom. The van der Waals surface area contributed by atoms with E-state index in [1.165, 1.54) is 18.9 Å². The number of likely N-dealkylation sites (N-methyl/N-ethyl adjacent to an activating group) is 1. The molecule has 0 saturated carbocycles. The maximum atomic E-state index is 12.9. The summed E-state index contributed by atoms with van der Waals surface area (Å²) in [5.74, 6) is -0.578.